The summed E-state index contributed by atoms with van der Waals surface area (Å²) in [6.45, 7) is 6.18. The zero-order chi connectivity index (χ0) is 25.4. The van der Waals surface area contributed by atoms with Gasteiger partial charge in [0.2, 0.25) is 11.9 Å². The van der Waals surface area contributed by atoms with Crippen molar-refractivity contribution in [1.29, 1.82) is 0 Å². The van der Waals surface area contributed by atoms with Gasteiger partial charge < -0.3 is 21.3 Å². The van der Waals surface area contributed by atoms with Gasteiger partial charge in [-0.25, -0.2) is 9.78 Å². The number of hydrogen-bond acceptors (Lipinski definition) is 6. The van der Waals surface area contributed by atoms with Crippen molar-refractivity contribution in [2.24, 2.45) is 0 Å². The minimum absolute atomic E-state index is 0.0806. The van der Waals surface area contributed by atoms with E-state index in [-0.39, 0.29) is 23.3 Å². The van der Waals surface area contributed by atoms with Crippen LogP contribution < -0.4 is 26.6 Å². The summed E-state index contributed by atoms with van der Waals surface area (Å²) in [6, 6.07) is 7.75. The van der Waals surface area contributed by atoms with Gasteiger partial charge in [0.15, 0.2) is 0 Å². The van der Waals surface area contributed by atoms with Crippen molar-refractivity contribution in [2.75, 3.05) is 35.6 Å². The number of carbonyl (C=O) groups is 2. The fraction of sp³-hybridized carbons (Fsp3) is 0.556. The molecule has 36 heavy (non-hydrogen) atoms. The molecule has 0 atom stereocenters. The third-order valence-corrected chi connectivity index (χ3v) is 7.16. The highest BCUT2D eigenvalue weighted by molar-refractivity contribution is 5.98. The van der Waals surface area contributed by atoms with Crippen LogP contribution in [0.15, 0.2) is 24.3 Å². The van der Waals surface area contributed by atoms with E-state index in [1.165, 1.54) is 69.4 Å². The molecule has 2 aliphatic rings. The quantitative estimate of drug-likeness (QED) is 0.379. The average molecular weight is 494 g/mol. The number of anilines is 3. The summed E-state index contributed by atoms with van der Waals surface area (Å²) in [5, 5.41) is 15.2. The van der Waals surface area contributed by atoms with E-state index in [9.17, 15) is 9.59 Å². The van der Waals surface area contributed by atoms with Gasteiger partial charge in [-0.05, 0) is 43.0 Å². The minimum atomic E-state index is -0.384. The van der Waals surface area contributed by atoms with Crippen LogP contribution in [0.3, 0.4) is 0 Å². The molecule has 1 aliphatic carbocycles. The molecule has 0 bridgehead atoms. The molecule has 2 heterocycles. The van der Waals surface area contributed by atoms with Gasteiger partial charge in [0.25, 0.3) is 0 Å². The topological polar surface area (TPSA) is 120 Å². The Morgan fingerprint density at radius 1 is 0.972 bits per heavy atom. The van der Waals surface area contributed by atoms with Crippen molar-refractivity contribution in [3.63, 3.8) is 0 Å². The second-order valence-corrected chi connectivity index (χ2v) is 10.1. The van der Waals surface area contributed by atoms with Crippen molar-refractivity contribution < 1.29 is 9.59 Å². The van der Waals surface area contributed by atoms with E-state index >= 15 is 0 Å². The molecule has 1 aliphatic heterocycles. The van der Waals surface area contributed by atoms with Gasteiger partial charge in [0.05, 0.1) is 0 Å². The lowest BCUT2D eigenvalue weighted by Gasteiger charge is -2.40. The van der Waals surface area contributed by atoms with E-state index in [0.29, 0.717) is 18.9 Å². The molecule has 1 spiro atoms. The molecular weight excluding hydrogens is 454 g/mol. The minimum Gasteiger partial charge on any atom is -0.368 e. The van der Waals surface area contributed by atoms with Crippen molar-refractivity contribution >= 4 is 29.4 Å². The van der Waals surface area contributed by atoms with Crippen LogP contribution in [0.25, 0.3) is 0 Å². The maximum Gasteiger partial charge on any atom is 0.326 e. The molecule has 0 unspecified atom stereocenters. The summed E-state index contributed by atoms with van der Waals surface area (Å²) in [4.78, 5) is 32.4. The van der Waals surface area contributed by atoms with E-state index in [1.807, 2.05) is 13.0 Å². The number of nitrogens with one attached hydrogen (secondary N) is 5. The number of carbonyl (C=O) groups excluding carboxylic acids is 2. The highest BCUT2D eigenvalue weighted by Crippen LogP contribution is 2.41. The molecule has 9 nitrogen and oxygen atoms in total. The van der Waals surface area contributed by atoms with Crippen molar-refractivity contribution in [3.05, 3.63) is 41.1 Å². The third kappa shape index (κ3) is 6.94. The van der Waals surface area contributed by atoms with Crippen LogP contribution in [0.1, 0.15) is 75.1 Å². The van der Waals surface area contributed by atoms with Crippen molar-refractivity contribution in [3.8, 4) is 0 Å². The Labute approximate surface area is 213 Å². The van der Waals surface area contributed by atoms with Gasteiger partial charge in [0.1, 0.15) is 5.82 Å². The number of aryl methyl sites for hydroxylation is 1. The number of rotatable bonds is 6. The first-order valence-corrected chi connectivity index (χ1v) is 13.2. The number of benzene rings is 1. The van der Waals surface area contributed by atoms with Gasteiger partial charge in [-0.3, -0.25) is 10.1 Å². The number of amides is 3. The lowest BCUT2D eigenvalue weighted by molar-refractivity contribution is -0.118. The standard InChI is InChI=1S/C27H39N7O2/c1-19-15-24(30-14-13-29-20(2)35)33-25(31-19)34-26(36)32-22-9-10-23-21(16-22)17-28-18-27(23)11-7-5-3-4-6-8-12-27/h9-10,15-16,28H,3-8,11-14,17-18H2,1-2H3,(H,29,35)(H3,30,31,32,33,34,36). The SMILES string of the molecule is CC(=O)NCCNc1cc(C)nc(NC(=O)Nc2ccc3c(c2)CNCC32CCCCCCCC2)n1. The zero-order valence-corrected chi connectivity index (χ0v) is 21.5. The van der Waals surface area contributed by atoms with Gasteiger partial charge in [0, 0.05) is 56.0 Å². The van der Waals surface area contributed by atoms with E-state index in [4.69, 9.17) is 0 Å². The molecule has 0 radical (unpaired) electrons. The lowest BCUT2D eigenvalue weighted by Crippen LogP contribution is -2.43. The van der Waals surface area contributed by atoms with Crippen molar-refractivity contribution in [2.45, 2.75) is 77.2 Å². The second-order valence-electron chi connectivity index (χ2n) is 10.1. The Morgan fingerprint density at radius 3 is 2.47 bits per heavy atom. The molecule has 2 aromatic rings. The third-order valence-electron chi connectivity index (χ3n) is 7.16. The van der Waals surface area contributed by atoms with Gasteiger partial charge in [-0.1, -0.05) is 44.6 Å². The molecule has 1 aromatic heterocycles. The Kier molecular flexibility index (Phi) is 8.74. The van der Waals surface area contributed by atoms with Crippen LogP contribution >= 0.6 is 0 Å². The summed E-state index contributed by atoms with van der Waals surface area (Å²) < 4.78 is 0. The van der Waals surface area contributed by atoms with Crippen LogP contribution in [0.2, 0.25) is 0 Å². The van der Waals surface area contributed by atoms with Crippen LogP contribution in [-0.4, -0.2) is 41.5 Å². The van der Waals surface area contributed by atoms with Crippen LogP contribution in [0, 0.1) is 6.92 Å². The zero-order valence-electron chi connectivity index (χ0n) is 21.5. The summed E-state index contributed by atoms with van der Waals surface area (Å²) in [5.41, 5.74) is 4.41. The molecule has 1 fully saturated rings. The van der Waals surface area contributed by atoms with E-state index in [0.717, 1.165) is 24.5 Å². The first-order chi connectivity index (χ1) is 17.4. The molecule has 0 saturated heterocycles. The number of fused-ring (bicyclic) bond motifs is 2. The normalized spacial score (nSPS) is 17.2. The molecular formula is C27H39N7O2. The van der Waals surface area contributed by atoms with E-state index in [2.05, 4.69) is 48.7 Å². The Bertz CT molecular complexity index is 1060. The smallest absolute Gasteiger partial charge is 0.326 e. The Balaban J connectivity index is 1.40. The monoisotopic (exact) mass is 493 g/mol. The van der Waals surface area contributed by atoms with E-state index < -0.39 is 0 Å². The van der Waals surface area contributed by atoms with E-state index in [1.54, 1.807) is 6.07 Å². The molecule has 9 heteroatoms. The first-order valence-electron chi connectivity index (χ1n) is 13.2. The predicted octanol–water partition coefficient (Wildman–Crippen LogP) is 4.45. The van der Waals surface area contributed by atoms with Gasteiger partial charge >= 0.3 is 6.03 Å². The van der Waals surface area contributed by atoms with Crippen LogP contribution in [0.4, 0.5) is 22.2 Å². The fourth-order valence-corrected chi connectivity index (χ4v) is 5.48. The molecule has 4 rings (SSSR count). The summed E-state index contributed by atoms with van der Waals surface area (Å²) >= 11 is 0. The average Bonchev–Trinajstić information content (AvgIpc) is 2.94. The summed E-state index contributed by atoms with van der Waals surface area (Å²) in [5.74, 6) is 0.727. The number of urea groups is 1. The molecule has 3 amide bonds. The van der Waals surface area contributed by atoms with Crippen LogP contribution in [0.5, 0.6) is 0 Å². The predicted molar refractivity (Wildman–Crippen MR) is 143 cm³/mol. The Hall–Kier alpha value is -3.20. The maximum absolute atomic E-state index is 12.7. The summed E-state index contributed by atoms with van der Waals surface area (Å²) in [6.07, 6.45) is 10.4. The number of hydrogen-bond donors (Lipinski definition) is 5. The number of aromatic nitrogens is 2. The highest BCUT2D eigenvalue weighted by Gasteiger charge is 2.36. The van der Waals surface area contributed by atoms with Gasteiger partial charge in [-0.2, -0.15) is 4.98 Å². The second kappa shape index (κ2) is 12.2. The fourth-order valence-electron chi connectivity index (χ4n) is 5.48. The van der Waals surface area contributed by atoms with Gasteiger partial charge in [-0.15, -0.1) is 0 Å². The number of nitrogens with zero attached hydrogens (tertiary/aromatic N) is 2. The molecule has 5 N–H and O–H groups in total. The molecule has 1 saturated carbocycles. The van der Waals surface area contributed by atoms with Crippen LogP contribution in [-0.2, 0) is 16.8 Å². The Morgan fingerprint density at radius 2 is 1.72 bits per heavy atom. The van der Waals surface area contributed by atoms with Crippen molar-refractivity contribution in [1.82, 2.24) is 20.6 Å². The molecule has 194 valence electrons. The molecule has 1 aromatic carbocycles. The lowest BCUT2D eigenvalue weighted by atomic mass is 9.69. The summed E-state index contributed by atoms with van der Waals surface area (Å²) in [7, 11) is 0. The maximum atomic E-state index is 12.7. The largest absolute Gasteiger partial charge is 0.368 e. The highest BCUT2D eigenvalue weighted by atomic mass is 16.2. The first kappa shape index (κ1) is 25.9.